The number of carboxylic acid groups (broad SMARTS) is 1. The number of hydrogen-bond donors (Lipinski definition) is 2. The minimum Gasteiger partial charge on any atom is -0.493 e. The Hall–Kier alpha value is -3.88. The molecule has 1 aromatic heterocycles. The average molecular weight is 491 g/mol. The van der Waals surface area contributed by atoms with Gasteiger partial charge < -0.3 is 24.3 Å². The summed E-state index contributed by atoms with van der Waals surface area (Å²) in [6.45, 7) is 3.52. The predicted octanol–water partition coefficient (Wildman–Crippen LogP) is 5.14. The molecular weight excluding hydrogens is 458 g/mol. The second kappa shape index (κ2) is 11.2. The number of carboxylic acids is 1. The molecule has 4 aromatic rings. The first kappa shape index (κ1) is 25.2. The Balaban J connectivity index is 1.25. The number of aliphatic carboxylic acids is 1. The molecule has 188 valence electrons. The number of quaternary nitrogens is 1. The van der Waals surface area contributed by atoms with Gasteiger partial charge in [0.15, 0.2) is 11.7 Å². The molecule has 4 rings (SSSR count). The summed E-state index contributed by atoms with van der Waals surface area (Å²) in [7, 11) is 4.08. The van der Waals surface area contributed by atoms with E-state index in [1.165, 1.54) is 6.92 Å². The Morgan fingerprint density at radius 1 is 1.06 bits per heavy atom. The van der Waals surface area contributed by atoms with Crippen molar-refractivity contribution in [2.45, 2.75) is 26.0 Å². The van der Waals surface area contributed by atoms with Crippen LogP contribution in [0.4, 0.5) is 11.7 Å². The number of benzene rings is 3. The number of oxazole rings is 1. The Labute approximate surface area is 210 Å². The number of carbonyl (C=O) groups is 1. The summed E-state index contributed by atoms with van der Waals surface area (Å²) in [5.41, 5.74) is 3.65. The van der Waals surface area contributed by atoms with Crippen molar-refractivity contribution in [1.29, 1.82) is 0 Å². The lowest BCUT2D eigenvalue weighted by molar-refractivity contribution is -0.144. The fraction of sp³-hybridized carbons (Fsp3) is 0.286. The van der Waals surface area contributed by atoms with Crippen LogP contribution in [0.15, 0.2) is 77.2 Å². The topological polar surface area (TPSA) is 93.8 Å². The third-order valence-electron chi connectivity index (χ3n) is 5.88. The summed E-state index contributed by atoms with van der Waals surface area (Å²) in [5.74, 6) is 0.358. The highest BCUT2D eigenvalue weighted by atomic mass is 16.5. The Kier molecular flexibility index (Phi) is 7.87. The van der Waals surface area contributed by atoms with E-state index in [0.29, 0.717) is 29.4 Å². The van der Waals surface area contributed by atoms with Gasteiger partial charge in [-0.1, -0.05) is 30.3 Å². The average Bonchev–Trinajstić information content (AvgIpc) is 3.32. The molecule has 1 heterocycles. The summed E-state index contributed by atoms with van der Waals surface area (Å²) in [6.07, 6.45) is -0.0527. The van der Waals surface area contributed by atoms with Crippen LogP contribution in [-0.2, 0) is 11.3 Å². The van der Waals surface area contributed by atoms with Gasteiger partial charge in [0.2, 0.25) is 0 Å². The number of rotatable bonds is 12. The van der Waals surface area contributed by atoms with Crippen molar-refractivity contribution < 1.29 is 23.8 Å². The van der Waals surface area contributed by atoms with Crippen LogP contribution in [0.2, 0.25) is 0 Å². The van der Waals surface area contributed by atoms with Crippen molar-refractivity contribution in [3.63, 3.8) is 0 Å². The maximum Gasteiger partial charge on any atom is 0.409 e. The van der Waals surface area contributed by atoms with E-state index >= 15 is 0 Å². The number of aromatic nitrogens is 1. The molecule has 8 nitrogen and oxygen atoms in total. The fourth-order valence-corrected chi connectivity index (χ4v) is 3.73. The lowest BCUT2D eigenvalue weighted by Crippen LogP contribution is -2.34. The molecule has 0 aliphatic rings. The summed E-state index contributed by atoms with van der Waals surface area (Å²) in [4.78, 5) is 15.6. The smallest absolute Gasteiger partial charge is 0.409 e. The number of ether oxygens (including phenoxy) is 2. The van der Waals surface area contributed by atoms with Gasteiger partial charge >= 0.3 is 12.0 Å². The predicted molar refractivity (Wildman–Crippen MR) is 140 cm³/mol. The molecule has 0 radical (unpaired) electrons. The zero-order chi connectivity index (χ0) is 25.5. The van der Waals surface area contributed by atoms with E-state index in [1.807, 2.05) is 80.8 Å². The highest BCUT2D eigenvalue weighted by Gasteiger charge is 2.29. The minimum absolute atomic E-state index is 0.363. The van der Waals surface area contributed by atoms with Crippen LogP contribution in [0.3, 0.4) is 0 Å². The van der Waals surface area contributed by atoms with Gasteiger partial charge in [-0.3, -0.25) is 0 Å². The second-order valence-corrected chi connectivity index (χ2v) is 9.04. The normalized spacial score (nSPS) is 12.4. The molecule has 36 heavy (non-hydrogen) atoms. The number of para-hydroxylation sites is 2. The van der Waals surface area contributed by atoms with Crippen molar-refractivity contribution in [2.24, 2.45) is 0 Å². The lowest BCUT2D eigenvalue weighted by atomic mass is 10.2. The van der Waals surface area contributed by atoms with E-state index in [9.17, 15) is 4.79 Å². The van der Waals surface area contributed by atoms with Gasteiger partial charge in [0.05, 0.1) is 20.7 Å². The molecule has 3 aromatic carbocycles. The number of nitrogens with one attached hydrogen (secondary N) is 1. The van der Waals surface area contributed by atoms with E-state index < -0.39 is 12.1 Å². The molecule has 0 amide bonds. The molecule has 1 unspecified atom stereocenters. The van der Waals surface area contributed by atoms with E-state index in [0.717, 1.165) is 41.1 Å². The maximum absolute atomic E-state index is 11.0. The van der Waals surface area contributed by atoms with Gasteiger partial charge in [-0.2, -0.15) is 4.98 Å². The van der Waals surface area contributed by atoms with Gasteiger partial charge in [0.1, 0.15) is 22.7 Å². The van der Waals surface area contributed by atoms with Gasteiger partial charge in [-0.25, -0.2) is 9.28 Å². The van der Waals surface area contributed by atoms with E-state index in [1.54, 1.807) is 6.07 Å². The van der Waals surface area contributed by atoms with Crippen LogP contribution in [-0.4, -0.2) is 49.4 Å². The summed E-state index contributed by atoms with van der Waals surface area (Å²) in [6, 6.07) is 23.8. The Morgan fingerprint density at radius 2 is 1.83 bits per heavy atom. The van der Waals surface area contributed by atoms with Gasteiger partial charge in [-0.15, -0.1) is 0 Å². The van der Waals surface area contributed by atoms with Crippen LogP contribution in [0.5, 0.6) is 11.5 Å². The Bertz CT molecular complexity index is 1280. The standard InChI is InChI=1S/C28H31N3O5/c1-20(27(32)33)35-24-12-6-9-21(17-24)19-29-15-8-16-34-23-11-7-10-22(18-23)31(2,3)28-30-25-13-4-5-14-26(25)36-28/h4-7,9-14,17-18,20,29H,8,15-16,19H2,1-3H3/p+1. The zero-order valence-electron chi connectivity index (χ0n) is 20.8. The van der Waals surface area contributed by atoms with Crippen LogP contribution in [0, 0.1) is 0 Å². The Morgan fingerprint density at radius 3 is 2.64 bits per heavy atom. The number of nitrogens with zero attached hydrogens (tertiary/aromatic N) is 2. The summed E-state index contributed by atoms with van der Waals surface area (Å²) in [5, 5.41) is 12.4. The lowest BCUT2D eigenvalue weighted by Gasteiger charge is -2.24. The van der Waals surface area contributed by atoms with Crippen molar-refractivity contribution in [2.75, 3.05) is 27.2 Å². The van der Waals surface area contributed by atoms with Crippen LogP contribution in [0.1, 0.15) is 18.9 Å². The number of hydrogen-bond acceptors (Lipinski definition) is 6. The van der Waals surface area contributed by atoms with E-state index in [-0.39, 0.29) is 0 Å². The fourth-order valence-electron chi connectivity index (χ4n) is 3.73. The second-order valence-electron chi connectivity index (χ2n) is 9.04. The molecule has 0 saturated heterocycles. The zero-order valence-corrected chi connectivity index (χ0v) is 20.8. The largest absolute Gasteiger partial charge is 0.493 e. The van der Waals surface area contributed by atoms with E-state index in [2.05, 4.69) is 10.3 Å². The molecule has 0 spiro atoms. The molecule has 0 bridgehead atoms. The molecule has 0 fully saturated rings. The molecule has 0 aliphatic heterocycles. The number of fused-ring (bicyclic) bond motifs is 1. The first-order valence-electron chi connectivity index (χ1n) is 12.0. The SMILES string of the molecule is CC(Oc1cccc(CNCCCOc2cccc([N+](C)(C)c3nc4ccccc4o3)c2)c1)C(=O)O. The van der Waals surface area contributed by atoms with Crippen LogP contribution < -0.4 is 19.3 Å². The summed E-state index contributed by atoms with van der Waals surface area (Å²) >= 11 is 0. The molecule has 2 N–H and O–H groups in total. The van der Waals surface area contributed by atoms with Crippen molar-refractivity contribution >= 4 is 28.8 Å². The first-order chi connectivity index (χ1) is 17.3. The van der Waals surface area contributed by atoms with Crippen molar-refractivity contribution in [3.05, 3.63) is 78.4 Å². The van der Waals surface area contributed by atoms with Crippen LogP contribution >= 0.6 is 0 Å². The van der Waals surface area contributed by atoms with Crippen LogP contribution in [0.25, 0.3) is 11.1 Å². The van der Waals surface area contributed by atoms with Crippen molar-refractivity contribution in [3.8, 4) is 11.5 Å². The third-order valence-corrected chi connectivity index (χ3v) is 5.88. The molecule has 1 atom stereocenters. The molecule has 0 aliphatic carbocycles. The quantitative estimate of drug-likeness (QED) is 0.210. The van der Waals surface area contributed by atoms with E-state index in [4.69, 9.17) is 19.0 Å². The monoisotopic (exact) mass is 490 g/mol. The highest BCUT2D eigenvalue weighted by molar-refractivity contribution is 5.74. The first-order valence-corrected chi connectivity index (χ1v) is 12.0. The maximum atomic E-state index is 11.0. The molecular formula is C28H32N3O5+. The van der Waals surface area contributed by atoms with Crippen molar-refractivity contribution in [1.82, 2.24) is 14.8 Å². The minimum atomic E-state index is -0.988. The molecule has 0 saturated carbocycles. The van der Waals surface area contributed by atoms with Gasteiger partial charge in [0, 0.05) is 12.6 Å². The summed E-state index contributed by atoms with van der Waals surface area (Å²) < 4.78 is 17.8. The highest BCUT2D eigenvalue weighted by Crippen LogP contribution is 2.34. The third kappa shape index (κ3) is 6.21. The van der Waals surface area contributed by atoms with Gasteiger partial charge in [-0.05, 0) is 61.9 Å². The molecule has 8 heteroatoms. The van der Waals surface area contributed by atoms with Gasteiger partial charge in [0.25, 0.3) is 0 Å².